The van der Waals surface area contributed by atoms with Crippen LogP contribution >= 0.6 is 0 Å². The Morgan fingerprint density at radius 1 is 1.27 bits per heavy atom. The number of rotatable bonds is 7. The Labute approximate surface area is 152 Å². The topological polar surface area (TPSA) is 101 Å². The van der Waals surface area contributed by atoms with Gasteiger partial charge in [-0.05, 0) is 20.3 Å². The minimum absolute atomic E-state index is 0.0825. The number of nitrogens with one attached hydrogen (secondary N) is 1. The predicted octanol–water partition coefficient (Wildman–Crippen LogP) is 1.64. The maximum Gasteiger partial charge on any atom is 0.243 e. The molecule has 1 aliphatic heterocycles. The van der Waals surface area contributed by atoms with E-state index in [2.05, 4.69) is 44.3 Å². The van der Waals surface area contributed by atoms with Gasteiger partial charge in [-0.1, -0.05) is 17.2 Å². The van der Waals surface area contributed by atoms with Crippen molar-refractivity contribution in [3.05, 3.63) is 23.5 Å². The molecule has 142 valence electrons. The fourth-order valence-corrected chi connectivity index (χ4v) is 3.04. The van der Waals surface area contributed by atoms with Crippen LogP contribution in [-0.4, -0.2) is 63.7 Å². The van der Waals surface area contributed by atoms with Crippen LogP contribution in [0.3, 0.4) is 0 Å². The van der Waals surface area contributed by atoms with Crippen molar-refractivity contribution < 1.29 is 13.8 Å². The summed E-state index contributed by atoms with van der Waals surface area (Å²) in [5, 5.41) is 10.6. The predicted molar refractivity (Wildman–Crippen MR) is 94.6 cm³/mol. The first kappa shape index (κ1) is 18.5. The molecule has 1 saturated heterocycles. The highest BCUT2D eigenvalue weighted by atomic mass is 16.5. The second-order valence-electron chi connectivity index (χ2n) is 6.66. The van der Waals surface area contributed by atoms with Gasteiger partial charge in [-0.2, -0.15) is 4.98 Å². The van der Waals surface area contributed by atoms with Gasteiger partial charge in [-0.25, -0.2) is 0 Å². The second-order valence-corrected chi connectivity index (χ2v) is 6.66. The normalized spacial score (nSPS) is 17.3. The Balaban J connectivity index is 1.45. The van der Waals surface area contributed by atoms with Crippen LogP contribution in [0.4, 0.5) is 5.82 Å². The molecule has 1 unspecified atom stereocenters. The summed E-state index contributed by atoms with van der Waals surface area (Å²) in [6.07, 6.45) is 1.84. The van der Waals surface area contributed by atoms with E-state index < -0.39 is 0 Å². The largest absolute Gasteiger partial charge is 0.360 e. The molecule has 0 aliphatic carbocycles. The lowest BCUT2D eigenvalue weighted by Crippen LogP contribution is -2.49. The van der Waals surface area contributed by atoms with E-state index in [1.165, 1.54) is 0 Å². The van der Waals surface area contributed by atoms with Crippen molar-refractivity contribution in [2.45, 2.75) is 39.7 Å². The Morgan fingerprint density at radius 2 is 2.04 bits per heavy atom. The number of hydrogen-bond acceptors (Lipinski definition) is 8. The van der Waals surface area contributed by atoms with E-state index in [4.69, 9.17) is 9.05 Å². The van der Waals surface area contributed by atoms with Gasteiger partial charge in [-0.15, -0.1) is 0 Å². The standard InChI is InChI=1S/C17H26N6O3/c1-4-5-14-19-17(26-20-14)13(3)23-8-6-22(7-9-23)11-16(24)18-15-10-12(2)25-21-15/h10,13H,4-9,11H2,1-3H3,(H,18,21,24). The molecule has 1 atom stereocenters. The highest BCUT2D eigenvalue weighted by Crippen LogP contribution is 2.20. The van der Waals surface area contributed by atoms with Crippen molar-refractivity contribution in [1.29, 1.82) is 0 Å². The van der Waals surface area contributed by atoms with Crippen molar-refractivity contribution in [2.24, 2.45) is 0 Å². The van der Waals surface area contributed by atoms with Gasteiger partial charge < -0.3 is 14.4 Å². The van der Waals surface area contributed by atoms with Crippen LogP contribution < -0.4 is 5.32 Å². The molecular weight excluding hydrogens is 336 g/mol. The molecule has 9 heteroatoms. The lowest BCUT2D eigenvalue weighted by Gasteiger charge is -2.36. The summed E-state index contributed by atoms with van der Waals surface area (Å²) in [5.41, 5.74) is 0. The molecule has 3 heterocycles. The van der Waals surface area contributed by atoms with Crippen molar-refractivity contribution >= 4 is 11.7 Å². The van der Waals surface area contributed by atoms with Gasteiger partial charge in [0.1, 0.15) is 5.76 Å². The van der Waals surface area contributed by atoms with Crippen LogP contribution in [0.25, 0.3) is 0 Å². The highest BCUT2D eigenvalue weighted by Gasteiger charge is 2.26. The maximum atomic E-state index is 12.1. The average molecular weight is 362 g/mol. The van der Waals surface area contributed by atoms with Crippen molar-refractivity contribution in [2.75, 3.05) is 38.0 Å². The van der Waals surface area contributed by atoms with E-state index >= 15 is 0 Å². The zero-order chi connectivity index (χ0) is 18.5. The third-order valence-electron chi connectivity index (χ3n) is 4.53. The molecule has 1 amide bonds. The number of carbonyl (C=O) groups is 1. The fourth-order valence-electron chi connectivity index (χ4n) is 3.04. The van der Waals surface area contributed by atoms with Crippen molar-refractivity contribution in [3.63, 3.8) is 0 Å². The molecule has 0 saturated carbocycles. The first-order valence-electron chi connectivity index (χ1n) is 9.07. The Kier molecular flexibility index (Phi) is 6.00. The summed E-state index contributed by atoms with van der Waals surface area (Å²) in [4.78, 5) is 21.0. The number of amides is 1. The van der Waals surface area contributed by atoms with Gasteiger partial charge in [0.15, 0.2) is 11.6 Å². The number of anilines is 1. The van der Waals surface area contributed by atoms with Crippen LogP contribution in [0, 0.1) is 6.92 Å². The van der Waals surface area contributed by atoms with Gasteiger partial charge in [0.25, 0.3) is 0 Å². The van der Waals surface area contributed by atoms with Gasteiger partial charge in [-0.3, -0.25) is 14.6 Å². The third kappa shape index (κ3) is 4.67. The van der Waals surface area contributed by atoms with Crippen LogP contribution in [0.15, 0.2) is 15.1 Å². The van der Waals surface area contributed by atoms with E-state index in [-0.39, 0.29) is 11.9 Å². The minimum Gasteiger partial charge on any atom is -0.360 e. The fraction of sp³-hybridized carbons (Fsp3) is 0.647. The summed E-state index contributed by atoms with van der Waals surface area (Å²) in [5.74, 6) is 2.49. The average Bonchev–Trinajstić information content (AvgIpc) is 3.24. The zero-order valence-corrected chi connectivity index (χ0v) is 15.6. The smallest absolute Gasteiger partial charge is 0.243 e. The number of piperazine rings is 1. The van der Waals surface area contributed by atoms with E-state index in [0.29, 0.717) is 24.0 Å². The number of carbonyl (C=O) groups excluding carboxylic acids is 1. The lowest BCUT2D eigenvalue weighted by molar-refractivity contribution is -0.117. The summed E-state index contributed by atoms with van der Waals surface area (Å²) in [7, 11) is 0. The molecule has 1 aliphatic rings. The maximum absolute atomic E-state index is 12.1. The first-order chi connectivity index (χ1) is 12.5. The molecule has 26 heavy (non-hydrogen) atoms. The number of nitrogens with zero attached hydrogens (tertiary/aromatic N) is 5. The van der Waals surface area contributed by atoms with Crippen molar-refractivity contribution in [1.82, 2.24) is 25.1 Å². The number of aryl methyl sites for hydroxylation is 2. The SMILES string of the molecule is CCCc1noc(C(C)N2CCN(CC(=O)Nc3cc(C)on3)CC2)n1. The second kappa shape index (κ2) is 8.41. The summed E-state index contributed by atoms with van der Waals surface area (Å²) in [6.45, 7) is 9.63. The van der Waals surface area contributed by atoms with E-state index in [1.54, 1.807) is 13.0 Å². The summed E-state index contributed by atoms with van der Waals surface area (Å²) in [6, 6.07) is 1.79. The molecule has 9 nitrogen and oxygen atoms in total. The molecule has 0 aromatic carbocycles. The minimum atomic E-state index is -0.0825. The summed E-state index contributed by atoms with van der Waals surface area (Å²) < 4.78 is 10.3. The zero-order valence-electron chi connectivity index (χ0n) is 15.6. The third-order valence-corrected chi connectivity index (χ3v) is 4.53. The van der Waals surface area contributed by atoms with Crippen molar-refractivity contribution in [3.8, 4) is 0 Å². The van der Waals surface area contributed by atoms with Crippen LogP contribution in [-0.2, 0) is 11.2 Å². The Hall–Kier alpha value is -2.26. The number of aromatic nitrogens is 3. The van der Waals surface area contributed by atoms with E-state index in [9.17, 15) is 4.79 Å². The highest BCUT2D eigenvalue weighted by molar-refractivity contribution is 5.91. The Bertz CT molecular complexity index is 720. The van der Waals surface area contributed by atoms with Gasteiger partial charge in [0, 0.05) is 38.7 Å². The van der Waals surface area contributed by atoms with Crippen LogP contribution in [0.5, 0.6) is 0 Å². The van der Waals surface area contributed by atoms with E-state index in [1.807, 2.05) is 0 Å². The van der Waals surface area contributed by atoms with Gasteiger partial charge in [0.05, 0.1) is 12.6 Å². The lowest BCUT2D eigenvalue weighted by atomic mass is 10.2. The molecule has 0 bridgehead atoms. The molecule has 1 N–H and O–H groups in total. The summed E-state index contributed by atoms with van der Waals surface area (Å²) >= 11 is 0. The molecule has 2 aromatic rings. The molecule has 0 radical (unpaired) electrons. The quantitative estimate of drug-likeness (QED) is 0.793. The first-order valence-corrected chi connectivity index (χ1v) is 9.07. The molecule has 3 rings (SSSR count). The van der Waals surface area contributed by atoms with Gasteiger partial charge in [0.2, 0.25) is 11.8 Å². The molecular formula is C17H26N6O3. The molecule has 2 aromatic heterocycles. The van der Waals surface area contributed by atoms with Crippen LogP contribution in [0.2, 0.25) is 0 Å². The van der Waals surface area contributed by atoms with Gasteiger partial charge >= 0.3 is 0 Å². The molecule has 0 spiro atoms. The Morgan fingerprint density at radius 3 is 2.69 bits per heavy atom. The van der Waals surface area contributed by atoms with Crippen LogP contribution in [0.1, 0.15) is 43.8 Å². The van der Waals surface area contributed by atoms with E-state index in [0.717, 1.165) is 44.8 Å². The molecule has 1 fully saturated rings. The number of hydrogen-bond donors (Lipinski definition) is 1. The monoisotopic (exact) mass is 362 g/mol.